The number of nitrogens with one attached hydrogen (secondary N) is 2. The fourth-order valence-corrected chi connectivity index (χ4v) is 2.45. The van der Waals surface area contributed by atoms with Crippen molar-refractivity contribution in [3.8, 4) is 5.69 Å². The predicted octanol–water partition coefficient (Wildman–Crippen LogP) is 3.14. The van der Waals surface area contributed by atoms with E-state index in [1.807, 2.05) is 0 Å². The van der Waals surface area contributed by atoms with Crippen molar-refractivity contribution in [3.05, 3.63) is 76.3 Å². The number of carbonyl (C=O) groups is 1. The second kappa shape index (κ2) is 6.71. The molecular weight excluding hydrogens is 334 g/mol. The van der Waals surface area contributed by atoms with Crippen LogP contribution in [0.1, 0.15) is 16.2 Å². The Hall–Kier alpha value is -2.87. The molecule has 1 aromatic heterocycles. The van der Waals surface area contributed by atoms with Gasteiger partial charge in [0, 0.05) is 11.3 Å². The van der Waals surface area contributed by atoms with Crippen LogP contribution in [0.5, 0.6) is 0 Å². The highest BCUT2D eigenvalue weighted by atomic mass is 32.1. The maximum absolute atomic E-state index is 13.2. The minimum Gasteiger partial charge on any atom is -0.345 e. The van der Waals surface area contributed by atoms with Gasteiger partial charge in [0.15, 0.2) is 10.6 Å². The molecule has 0 aliphatic carbocycles. The molecule has 1 amide bonds. The summed E-state index contributed by atoms with van der Waals surface area (Å²) in [5.74, 6) is -0.850. The van der Waals surface area contributed by atoms with Crippen LogP contribution in [0, 0.1) is 16.4 Å². The van der Waals surface area contributed by atoms with E-state index in [4.69, 9.17) is 12.2 Å². The summed E-state index contributed by atoms with van der Waals surface area (Å²) in [5, 5.41) is 9.34. The van der Waals surface area contributed by atoms with E-state index in [1.54, 1.807) is 16.7 Å². The number of benzene rings is 2. The summed E-state index contributed by atoms with van der Waals surface area (Å²) in [6, 6.07) is 11.1. The lowest BCUT2D eigenvalue weighted by Crippen LogP contribution is -2.24. The average Bonchev–Trinajstić information content (AvgIpc) is 2.94. The molecule has 8 heteroatoms. The van der Waals surface area contributed by atoms with Gasteiger partial charge in [0.2, 0.25) is 0 Å². The zero-order valence-corrected chi connectivity index (χ0v) is 13.1. The van der Waals surface area contributed by atoms with Gasteiger partial charge in [0.1, 0.15) is 11.6 Å². The highest BCUT2D eigenvalue weighted by Gasteiger charge is 2.11. The summed E-state index contributed by atoms with van der Waals surface area (Å²) >= 11 is 5.17. The maximum Gasteiger partial charge on any atom is 0.251 e. The molecule has 0 saturated carbocycles. The third kappa shape index (κ3) is 3.38. The Kier molecular flexibility index (Phi) is 4.48. The van der Waals surface area contributed by atoms with Crippen LogP contribution in [-0.4, -0.2) is 20.7 Å². The lowest BCUT2D eigenvalue weighted by molar-refractivity contribution is 0.0949. The van der Waals surface area contributed by atoms with Crippen molar-refractivity contribution in [1.29, 1.82) is 0 Å². The van der Waals surface area contributed by atoms with Crippen LogP contribution in [0.3, 0.4) is 0 Å². The van der Waals surface area contributed by atoms with E-state index in [1.165, 1.54) is 30.3 Å². The van der Waals surface area contributed by atoms with Gasteiger partial charge in [-0.25, -0.2) is 8.78 Å². The van der Waals surface area contributed by atoms with Crippen molar-refractivity contribution in [2.45, 2.75) is 6.54 Å². The van der Waals surface area contributed by atoms with Gasteiger partial charge in [-0.3, -0.25) is 14.5 Å². The number of nitrogens with zero attached hydrogens (tertiary/aromatic N) is 2. The molecule has 0 unspecified atom stereocenters. The molecule has 5 nitrogen and oxygen atoms in total. The van der Waals surface area contributed by atoms with E-state index < -0.39 is 11.7 Å². The summed E-state index contributed by atoms with van der Waals surface area (Å²) in [6.45, 7) is 0.0693. The second-order valence-electron chi connectivity index (χ2n) is 4.95. The first kappa shape index (κ1) is 16.0. The zero-order chi connectivity index (χ0) is 17.1. The summed E-state index contributed by atoms with van der Waals surface area (Å²) in [7, 11) is 0. The Morgan fingerprint density at radius 2 is 1.92 bits per heavy atom. The topological polar surface area (TPSA) is 62.7 Å². The van der Waals surface area contributed by atoms with Gasteiger partial charge >= 0.3 is 0 Å². The standard InChI is InChI=1S/C16H12F2N4OS/c17-11-4-6-13(7-5-11)22-14(20-21-16(22)24)9-19-15(23)10-2-1-3-12(18)8-10/h1-8H,9H2,(H,19,23)(H,21,24). The molecule has 3 rings (SSSR count). The molecule has 2 N–H and O–H groups in total. The third-order valence-electron chi connectivity index (χ3n) is 3.32. The fraction of sp³-hybridized carbons (Fsp3) is 0.0625. The van der Waals surface area contributed by atoms with Gasteiger partial charge in [-0.1, -0.05) is 6.07 Å². The Labute approximate surface area is 141 Å². The van der Waals surface area contributed by atoms with Crippen molar-refractivity contribution < 1.29 is 13.6 Å². The minimum atomic E-state index is -0.489. The number of aromatic nitrogens is 3. The molecule has 122 valence electrons. The van der Waals surface area contributed by atoms with E-state index in [0.29, 0.717) is 16.3 Å². The van der Waals surface area contributed by atoms with Gasteiger partial charge in [-0.2, -0.15) is 5.10 Å². The lowest BCUT2D eigenvalue weighted by atomic mass is 10.2. The normalized spacial score (nSPS) is 10.6. The van der Waals surface area contributed by atoms with E-state index in [9.17, 15) is 13.6 Å². The SMILES string of the molecule is O=C(NCc1n[nH]c(=S)n1-c1ccc(F)cc1)c1cccc(F)c1. The molecule has 0 bridgehead atoms. The maximum atomic E-state index is 13.2. The molecule has 0 fully saturated rings. The Morgan fingerprint density at radius 3 is 2.62 bits per heavy atom. The molecule has 0 aliphatic heterocycles. The van der Waals surface area contributed by atoms with E-state index in [2.05, 4.69) is 15.5 Å². The number of amides is 1. The van der Waals surface area contributed by atoms with Gasteiger partial charge in [0.25, 0.3) is 5.91 Å². The Morgan fingerprint density at radius 1 is 1.17 bits per heavy atom. The number of hydrogen-bond donors (Lipinski definition) is 2. The molecule has 2 aromatic carbocycles. The average molecular weight is 346 g/mol. The molecule has 3 aromatic rings. The van der Waals surface area contributed by atoms with Crippen molar-refractivity contribution in [2.24, 2.45) is 0 Å². The van der Waals surface area contributed by atoms with Crippen LogP contribution in [0.4, 0.5) is 8.78 Å². The Balaban J connectivity index is 1.80. The van der Waals surface area contributed by atoms with Crippen molar-refractivity contribution in [3.63, 3.8) is 0 Å². The largest absolute Gasteiger partial charge is 0.345 e. The number of aromatic amines is 1. The fourth-order valence-electron chi connectivity index (χ4n) is 2.20. The summed E-state index contributed by atoms with van der Waals surface area (Å²) in [4.78, 5) is 12.1. The summed E-state index contributed by atoms with van der Waals surface area (Å²) in [6.07, 6.45) is 0. The molecule has 0 saturated heterocycles. The van der Waals surface area contributed by atoms with Gasteiger partial charge in [-0.15, -0.1) is 0 Å². The van der Waals surface area contributed by atoms with Crippen LogP contribution in [-0.2, 0) is 6.54 Å². The molecule has 0 aliphatic rings. The molecule has 0 spiro atoms. The van der Waals surface area contributed by atoms with Crippen molar-refractivity contribution >= 4 is 18.1 Å². The van der Waals surface area contributed by atoms with Gasteiger partial charge in [0.05, 0.1) is 6.54 Å². The lowest BCUT2D eigenvalue weighted by Gasteiger charge is -2.08. The third-order valence-corrected chi connectivity index (χ3v) is 3.59. The van der Waals surface area contributed by atoms with Crippen molar-refractivity contribution in [1.82, 2.24) is 20.1 Å². The van der Waals surface area contributed by atoms with E-state index in [-0.39, 0.29) is 17.9 Å². The number of H-pyrrole nitrogens is 1. The van der Waals surface area contributed by atoms with Crippen LogP contribution >= 0.6 is 12.2 Å². The molecule has 24 heavy (non-hydrogen) atoms. The number of hydrogen-bond acceptors (Lipinski definition) is 3. The number of carbonyl (C=O) groups excluding carboxylic acids is 1. The first-order valence-electron chi connectivity index (χ1n) is 7.00. The van der Waals surface area contributed by atoms with Crippen LogP contribution in [0.15, 0.2) is 48.5 Å². The number of halogens is 2. The Bertz CT molecular complexity index is 934. The van der Waals surface area contributed by atoms with Gasteiger partial charge < -0.3 is 5.32 Å². The van der Waals surface area contributed by atoms with Crippen LogP contribution in [0.2, 0.25) is 0 Å². The molecule has 0 radical (unpaired) electrons. The molecular formula is C16H12F2N4OS. The minimum absolute atomic E-state index is 0.0693. The summed E-state index contributed by atoms with van der Waals surface area (Å²) < 4.78 is 28.1. The van der Waals surface area contributed by atoms with E-state index in [0.717, 1.165) is 6.07 Å². The molecule has 1 heterocycles. The van der Waals surface area contributed by atoms with Gasteiger partial charge in [-0.05, 0) is 54.7 Å². The van der Waals surface area contributed by atoms with Crippen molar-refractivity contribution in [2.75, 3.05) is 0 Å². The van der Waals surface area contributed by atoms with Crippen LogP contribution in [0.25, 0.3) is 5.69 Å². The van der Waals surface area contributed by atoms with Crippen LogP contribution < -0.4 is 5.32 Å². The molecule has 0 atom stereocenters. The second-order valence-corrected chi connectivity index (χ2v) is 5.34. The first-order chi connectivity index (χ1) is 11.5. The monoisotopic (exact) mass is 346 g/mol. The first-order valence-corrected chi connectivity index (χ1v) is 7.41. The number of rotatable bonds is 4. The predicted molar refractivity (Wildman–Crippen MR) is 86.3 cm³/mol. The highest BCUT2D eigenvalue weighted by Crippen LogP contribution is 2.12. The quantitative estimate of drug-likeness (QED) is 0.714. The van der Waals surface area contributed by atoms with E-state index >= 15 is 0 Å². The highest BCUT2D eigenvalue weighted by molar-refractivity contribution is 7.71. The smallest absolute Gasteiger partial charge is 0.251 e. The summed E-state index contributed by atoms with van der Waals surface area (Å²) in [5.41, 5.74) is 0.822. The zero-order valence-electron chi connectivity index (χ0n) is 12.3.